The second-order valence-corrected chi connectivity index (χ2v) is 12.0. The van der Waals surface area contributed by atoms with Gasteiger partial charge in [0.2, 0.25) is 0 Å². The number of alkyl halides is 5. The van der Waals surface area contributed by atoms with E-state index >= 15 is 0 Å². The highest BCUT2D eigenvalue weighted by Crippen LogP contribution is 2.44. The second-order valence-electron chi connectivity index (χ2n) is 11.0. The number of amides is 2. The fourth-order valence-electron chi connectivity index (χ4n) is 6.00. The van der Waals surface area contributed by atoms with Crippen LogP contribution in [-0.4, -0.2) is 81.5 Å². The molecule has 3 aliphatic heterocycles. The standard InChI is InChI=1S/C26H28F5N5O4S/c27-22(28)14-7-18(34-21(11-1-2-11)26(29,30)31)32-8-15(14)20-19(25(39)36-12-3-4-13(36)6-5-12)35-24(41-20)23(38)33-16-9-40-10-17(16)37/h7-8,11-13,16-17,21-22,37H,1-6,9-10H2,(H,32,34)(H,33,38)/t12-,13+,16-,17-,21+/m1/s1. The van der Waals surface area contributed by atoms with Crippen LogP contribution in [0.1, 0.15) is 70.8 Å². The zero-order chi connectivity index (χ0) is 29.1. The molecule has 5 heterocycles. The Morgan fingerprint density at radius 3 is 2.34 bits per heavy atom. The first kappa shape index (κ1) is 28.2. The number of pyridine rings is 1. The van der Waals surface area contributed by atoms with Crippen LogP contribution in [0.25, 0.3) is 10.4 Å². The number of thiazole rings is 1. The Labute approximate surface area is 235 Å². The SMILES string of the molecule is O=C(N[C@@H]1COC[C@H]1O)c1nc(C(=O)N2[C@H]3CC[C@@H]2CC3)c(-c2cnc(N[C@@H](C3CC3)C(F)(F)F)cc2C(F)F)s1. The summed E-state index contributed by atoms with van der Waals surface area (Å²) in [5.74, 6) is -2.21. The van der Waals surface area contributed by atoms with Crippen LogP contribution in [0.15, 0.2) is 12.3 Å². The van der Waals surface area contributed by atoms with Crippen molar-refractivity contribution in [2.24, 2.45) is 5.92 Å². The monoisotopic (exact) mass is 601 g/mol. The van der Waals surface area contributed by atoms with Gasteiger partial charge in [-0.2, -0.15) is 13.2 Å². The van der Waals surface area contributed by atoms with Gasteiger partial charge in [-0.15, -0.1) is 11.3 Å². The molecule has 0 spiro atoms. The maximum absolute atomic E-state index is 14.4. The first-order valence-corrected chi connectivity index (χ1v) is 14.3. The third kappa shape index (κ3) is 5.50. The van der Waals surface area contributed by atoms with Crippen LogP contribution in [0.4, 0.5) is 27.8 Å². The molecule has 41 heavy (non-hydrogen) atoms. The van der Waals surface area contributed by atoms with Crippen LogP contribution in [0.2, 0.25) is 0 Å². The number of halogens is 5. The number of nitrogens with one attached hydrogen (secondary N) is 2. The van der Waals surface area contributed by atoms with E-state index in [0.29, 0.717) is 12.8 Å². The van der Waals surface area contributed by atoms with Crippen molar-refractivity contribution in [2.45, 2.75) is 81.4 Å². The fraction of sp³-hybridized carbons (Fsp3) is 0.615. The average molecular weight is 602 g/mol. The minimum absolute atomic E-state index is 0.00823. The number of rotatable bonds is 8. The summed E-state index contributed by atoms with van der Waals surface area (Å²) in [4.78, 5) is 36.8. The largest absolute Gasteiger partial charge is 0.408 e. The van der Waals surface area contributed by atoms with E-state index in [1.165, 1.54) is 0 Å². The summed E-state index contributed by atoms with van der Waals surface area (Å²) in [6.45, 7) is 0.108. The number of fused-ring (bicyclic) bond motifs is 2. The van der Waals surface area contributed by atoms with Gasteiger partial charge in [-0.05, 0) is 50.5 Å². The molecule has 3 saturated heterocycles. The molecule has 1 saturated carbocycles. The number of aliphatic hydroxyl groups is 1. The number of carbonyl (C=O) groups is 2. The van der Waals surface area contributed by atoms with Gasteiger partial charge in [0.1, 0.15) is 17.6 Å². The molecular weight excluding hydrogens is 573 g/mol. The lowest BCUT2D eigenvalue weighted by Gasteiger charge is -2.23. The predicted molar refractivity (Wildman–Crippen MR) is 137 cm³/mol. The molecule has 4 fully saturated rings. The van der Waals surface area contributed by atoms with Crippen LogP contribution in [0.3, 0.4) is 0 Å². The molecule has 0 radical (unpaired) electrons. The van der Waals surface area contributed by atoms with Crippen molar-refractivity contribution in [3.8, 4) is 10.4 Å². The lowest BCUT2D eigenvalue weighted by molar-refractivity contribution is -0.146. The topological polar surface area (TPSA) is 117 Å². The predicted octanol–water partition coefficient (Wildman–Crippen LogP) is 4.15. The van der Waals surface area contributed by atoms with E-state index < -0.39 is 54.1 Å². The van der Waals surface area contributed by atoms with Gasteiger partial charge in [-0.3, -0.25) is 9.59 Å². The summed E-state index contributed by atoms with van der Waals surface area (Å²) in [5, 5.41) is 14.7. The van der Waals surface area contributed by atoms with E-state index in [1.54, 1.807) is 4.90 Å². The number of aliphatic hydroxyl groups excluding tert-OH is 1. The molecule has 3 atom stereocenters. The normalized spacial score (nSPS) is 26.6. The summed E-state index contributed by atoms with van der Waals surface area (Å²) in [7, 11) is 0. The number of ether oxygens (including phenoxy) is 1. The van der Waals surface area contributed by atoms with E-state index in [-0.39, 0.29) is 52.3 Å². The van der Waals surface area contributed by atoms with Crippen LogP contribution < -0.4 is 10.6 Å². The highest BCUT2D eigenvalue weighted by Gasteiger charge is 2.49. The van der Waals surface area contributed by atoms with Gasteiger partial charge in [0.15, 0.2) is 5.01 Å². The first-order chi connectivity index (χ1) is 19.5. The van der Waals surface area contributed by atoms with Gasteiger partial charge in [-0.1, -0.05) is 0 Å². The number of hydrogen-bond acceptors (Lipinski definition) is 8. The maximum atomic E-state index is 14.4. The Bertz CT molecular complexity index is 1320. The van der Waals surface area contributed by atoms with E-state index in [1.807, 2.05) is 0 Å². The summed E-state index contributed by atoms with van der Waals surface area (Å²) >= 11 is 0.719. The summed E-state index contributed by atoms with van der Waals surface area (Å²) in [5.41, 5.74) is -0.998. The van der Waals surface area contributed by atoms with Gasteiger partial charge < -0.3 is 25.4 Å². The zero-order valence-electron chi connectivity index (χ0n) is 21.7. The van der Waals surface area contributed by atoms with E-state index in [4.69, 9.17) is 4.74 Å². The van der Waals surface area contributed by atoms with Crippen molar-refractivity contribution in [1.29, 1.82) is 0 Å². The van der Waals surface area contributed by atoms with E-state index in [2.05, 4.69) is 20.6 Å². The molecule has 2 bridgehead atoms. The molecule has 4 aliphatic rings. The van der Waals surface area contributed by atoms with Crippen LogP contribution in [0.5, 0.6) is 0 Å². The lowest BCUT2D eigenvalue weighted by atomic mass is 10.0. The molecule has 2 amide bonds. The molecule has 2 aromatic rings. The van der Waals surface area contributed by atoms with Gasteiger partial charge in [0.25, 0.3) is 18.2 Å². The molecule has 2 aromatic heterocycles. The molecule has 1 aliphatic carbocycles. The molecule has 222 valence electrons. The maximum Gasteiger partial charge on any atom is 0.408 e. The average Bonchev–Trinajstić information content (AvgIpc) is 3.24. The van der Waals surface area contributed by atoms with Crippen molar-refractivity contribution in [1.82, 2.24) is 20.2 Å². The van der Waals surface area contributed by atoms with Gasteiger partial charge in [0, 0.05) is 29.4 Å². The number of anilines is 1. The third-order valence-corrected chi connectivity index (χ3v) is 9.33. The second kappa shape index (κ2) is 10.7. The quantitative estimate of drug-likeness (QED) is 0.390. The van der Waals surface area contributed by atoms with Crippen molar-refractivity contribution >= 4 is 29.0 Å². The van der Waals surface area contributed by atoms with Crippen LogP contribution in [-0.2, 0) is 4.74 Å². The molecule has 15 heteroatoms. The van der Waals surface area contributed by atoms with Gasteiger partial charge >= 0.3 is 6.18 Å². The van der Waals surface area contributed by atoms with Crippen molar-refractivity contribution in [2.75, 3.05) is 18.5 Å². The third-order valence-electron chi connectivity index (χ3n) is 8.24. The van der Waals surface area contributed by atoms with Gasteiger partial charge in [0.05, 0.1) is 30.2 Å². The molecular formula is C26H28F5N5O4S. The zero-order valence-corrected chi connectivity index (χ0v) is 22.5. The Kier molecular flexibility index (Phi) is 7.39. The Balaban J connectivity index is 1.37. The Morgan fingerprint density at radius 2 is 1.78 bits per heavy atom. The lowest BCUT2D eigenvalue weighted by Crippen LogP contribution is -2.42. The first-order valence-electron chi connectivity index (χ1n) is 13.5. The number of nitrogens with zero attached hydrogens (tertiary/aromatic N) is 3. The van der Waals surface area contributed by atoms with Crippen molar-refractivity contribution in [3.05, 3.63) is 28.5 Å². The number of hydrogen-bond donors (Lipinski definition) is 3. The highest BCUT2D eigenvalue weighted by atomic mass is 32.1. The Hall–Kier alpha value is -2.91. The summed E-state index contributed by atoms with van der Waals surface area (Å²) in [6.07, 6.45) is -3.64. The minimum Gasteiger partial charge on any atom is -0.388 e. The van der Waals surface area contributed by atoms with Gasteiger partial charge in [-0.25, -0.2) is 18.7 Å². The summed E-state index contributed by atoms with van der Waals surface area (Å²) in [6, 6.07) is -1.78. The smallest absolute Gasteiger partial charge is 0.388 e. The molecule has 6 rings (SSSR count). The molecule has 0 unspecified atom stereocenters. The number of aromatic nitrogens is 2. The molecule has 9 nitrogen and oxygen atoms in total. The van der Waals surface area contributed by atoms with E-state index in [0.717, 1.165) is 49.3 Å². The van der Waals surface area contributed by atoms with Crippen LogP contribution >= 0.6 is 11.3 Å². The molecule has 0 aromatic carbocycles. The van der Waals surface area contributed by atoms with E-state index in [9.17, 15) is 36.6 Å². The summed E-state index contributed by atoms with van der Waals surface area (Å²) < 4.78 is 74.6. The van der Waals surface area contributed by atoms with Crippen molar-refractivity contribution in [3.63, 3.8) is 0 Å². The van der Waals surface area contributed by atoms with Crippen LogP contribution in [0, 0.1) is 5.92 Å². The number of carbonyl (C=O) groups excluding carboxylic acids is 2. The molecule has 3 N–H and O–H groups in total. The highest BCUT2D eigenvalue weighted by molar-refractivity contribution is 7.17. The fourth-order valence-corrected chi connectivity index (χ4v) is 6.99. The van der Waals surface area contributed by atoms with Crippen molar-refractivity contribution < 1.29 is 41.4 Å². The minimum atomic E-state index is -4.58. The Morgan fingerprint density at radius 1 is 1.10 bits per heavy atom.